The zero-order valence-corrected chi connectivity index (χ0v) is 5.65. The van der Waals surface area contributed by atoms with E-state index in [0.29, 0.717) is 0 Å². The first kappa shape index (κ1) is 5.06. The second kappa shape index (κ2) is 1.88. The van der Waals surface area contributed by atoms with E-state index in [4.69, 9.17) is 4.74 Å². The molecule has 0 spiro atoms. The number of fused-ring (bicyclic) bond motifs is 1. The van der Waals surface area contributed by atoms with Gasteiger partial charge in [0.25, 0.3) is 0 Å². The molecule has 0 N–H and O–H groups in total. The van der Waals surface area contributed by atoms with E-state index in [0.717, 1.165) is 6.61 Å². The van der Waals surface area contributed by atoms with Crippen LogP contribution in [-0.4, -0.2) is 6.61 Å². The minimum Gasteiger partial charge on any atom is -0.496 e. The molecule has 0 amide bonds. The first-order chi connectivity index (χ1) is 4.47. The third kappa shape index (κ3) is 0.754. The van der Waals surface area contributed by atoms with Gasteiger partial charge in [0.1, 0.15) is 12.9 Å². The van der Waals surface area contributed by atoms with Crippen LogP contribution in [0.15, 0.2) is 11.4 Å². The normalized spacial score (nSPS) is 14.7. The van der Waals surface area contributed by atoms with Crippen LogP contribution in [0, 0.1) is 0 Å². The average Bonchev–Trinajstić information content (AvgIpc) is 2.33. The van der Waals surface area contributed by atoms with Crippen LogP contribution in [0.1, 0.15) is 0 Å². The summed E-state index contributed by atoms with van der Waals surface area (Å²) >= 11 is 1.71. The molecule has 0 aromatic carbocycles. The molecule has 0 aliphatic carbocycles. The Labute approximate surface area is 56.9 Å². The summed E-state index contributed by atoms with van der Waals surface area (Å²) in [4.78, 5) is 0. The lowest BCUT2D eigenvalue weighted by atomic mass is 10.4. The lowest BCUT2D eigenvalue weighted by Crippen LogP contribution is -2.21. The highest BCUT2D eigenvalue weighted by Gasteiger charge is 1.91. The highest BCUT2D eigenvalue weighted by Crippen LogP contribution is 1.87. The van der Waals surface area contributed by atoms with E-state index in [-0.39, 0.29) is 0 Å². The highest BCUT2D eigenvalue weighted by atomic mass is 32.1. The lowest BCUT2D eigenvalue weighted by molar-refractivity contribution is 0.347. The van der Waals surface area contributed by atoms with E-state index < -0.39 is 0 Å². The van der Waals surface area contributed by atoms with Crippen molar-refractivity contribution >= 4 is 23.7 Å². The fourth-order valence-corrected chi connectivity index (χ4v) is 1.63. The molecule has 0 bridgehead atoms. The van der Waals surface area contributed by atoms with Gasteiger partial charge in [-0.3, -0.25) is 0 Å². The third-order valence-corrected chi connectivity index (χ3v) is 2.17. The summed E-state index contributed by atoms with van der Waals surface area (Å²) in [6.45, 7) is 0.726. The molecule has 1 aromatic heterocycles. The second-order valence-corrected chi connectivity index (χ2v) is 2.84. The van der Waals surface area contributed by atoms with Gasteiger partial charge < -0.3 is 4.74 Å². The minimum absolute atomic E-state index is 0.726. The Bertz CT molecular complexity index is 279. The number of rotatable bonds is 0. The first-order valence-electron chi connectivity index (χ1n) is 2.82. The predicted octanol–water partition coefficient (Wildman–Crippen LogP) is 0.297. The van der Waals surface area contributed by atoms with E-state index in [1.54, 1.807) is 11.3 Å². The van der Waals surface area contributed by atoms with Gasteiger partial charge in [0, 0.05) is 0 Å². The fraction of sp³-hybridized carbons (Fsp3) is 0.143. The average molecular weight is 138 g/mol. The first-order valence-corrected chi connectivity index (χ1v) is 3.70. The number of ether oxygens (including phenoxy) is 1. The van der Waals surface area contributed by atoms with Crippen molar-refractivity contribution in [1.82, 2.24) is 0 Å². The van der Waals surface area contributed by atoms with Gasteiger partial charge in [0.05, 0.1) is 4.53 Å². The van der Waals surface area contributed by atoms with Crippen LogP contribution < -0.4 is 9.75 Å². The molecule has 0 fully saturated rings. The van der Waals surface area contributed by atoms with Crippen LogP contribution in [-0.2, 0) is 4.74 Å². The van der Waals surface area contributed by atoms with Crippen molar-refractivity contribution < 1.29 is 4.74 Å². The zero-order chi connectivity index (χ0) is 6.10. The van der Waals surface area contributed by atoms with Crippen molar-refractivity contribution in [3.8, 4) is 0 Å². The van der Waals surface area contributed by atoms with Gasteiger partial charge in [-0.25, -0.2) is 0 Å². The van der Waals surface area contributed by atoms with E-state index in [9.17, 15) is 0 Å². The van der Waals surface area contributed by atoms with Crippen molar-refractivity contribution in [2.45, 2.75) is 0 Å². The number of hydrogen-bond donors (Lipinski definition) is 0. The molecule has 0 saturated carbocycles. The molecule has 0 radical (unpaired) electrons. The summed E-state index contributed by atoms with van der Waals surface area (Å²) in [5, 5.41) is 3.39. The van der Waals surface area contributed by atoms with E-state index in [2.05, 4.69) is 17.5 Å². The van der Waals surface area contributed by atoms with Gasteiger partial charge >= 0.3 is 0 Å². The quantitative estimate of drug-likeness (QED) is 0.501. The topological polar surface area (TPSA) is 9.23 Å². The van der Waals surface area contributed by atoms with Crippen LogP contribution in [0.25, 0.3) is 12.3 Å². The van der Waals surface area contributed by atoms with Crippen LogP contribution in [0.4, 0.5) is 0 Å². The van der Waals surface area contributed by atoms with Gasteiger partial charge in [-0.15, -0.1) is 11.3 Å². The van der Waals surface area contributed by atoms with Crippen LogP contribution in [0.5, 0.6) is 0 Å². The molecular formula is C7H6OS. The molecule has 2 heteroatoms. The van der Waals surface area contributed by atoms with Crippen molar-refractivity contribution in [3.05, 3.63) is 21.2 Å². The Morgan fingerprint density at radius 3 is 3.44 bits per heavy atom. The van der Waals surface area contributed by atoms with Crippen LogP contribution in [0.2, 0.25) is 0 Å². The Hall–Kier alpha value is -0.760. The van der Waals surface area contributed by atoms with Gasteiger partial charge in [0.2, 0.25) is 0 Å². The predicted molar refractivity (Wildman–Crippen MR) is 38.5 cm³/mol. The molecular weight excluding hydrogens is 132 g/mol. The molecule has 2 rings (SSSR count). The number of hydrogen-bond acceptors (Lipinski definition) is 2. The van der Waals surface area contributed by atoms with Crippen molar-refractivity contribution in [1.29, 1.82) is 0 Å². The maximum atomic E-state index is 5.08. The Morgan fingerprint density at radius 2 is 2.56 bits per heavy atom. The Balaban J connectivity index is 2.89. The monoisotopic (exact) mass is 138 g/mol. The molecule has 1 aromatic rings. The Morgan fingerprint density at radius 1 is 1.56 bits per heavy atom. The van der Waals surface area contributed by atoms with Crippen LogP contribution in [0.3, 0.4) is 0 Å². The molecule has 0 atom stereocenters. The molecule has 9 heavy (non-hydrogen) atoms. The molecule has 1 aliphatic rings. The molecule has 2 heterocycles. The van der Waals surface area contributed by atoms with Crippen LogP contribution >= 0.6 is 11.3 Å². The molecule has 1 aliphatic heterocycles. The summed E-state index contributed by atoms with van der Waals surface area (Å²) in [6, 6.07) is 2.11. The molecule has 0 unspecified atom stereocenters. The van der Waals surface area contributed by atoms with Gasteiger partial charge in [-0.1, -0.05) is 0 Å². The van der Waals surface area contributed by atoms with Crippen molar-refractivity contribution in [2.75, 3.05) is 6.61 Å². The van der Waals surface area contributed by atoms with Crippen molar-refractivity contribution in [3.63, 3.8) is 0 Å². The Kier molecular flexibility index (Phi) is 1.06. The smallest absolute Gasteiger partial charge is 0.106 e. The highest BCUT2D eigenvalue weighted by molar-refractivity contribution is 7.07. The van der Waals surface area contributed by atoms with Crippen molar-refractivity contribution in [2.24, 2.45) is 0 Å². The standard InChI is InChI=1S/C7H6OS/c1-3-8-5-7-6(1)2-4-9-7/h1-2,4-5H,3H2. The summed E-state index contributed by atoms with van der Waals surface area (Å²) in [5.41, 5.74) is 0. The minimum atomic E-state index is 0.726. The largest absolute Gasteiger partial charge is 0.496 e. The summed E-state index contributed by atoms with van der Waals surface area (Å²) in [7, 11) is 0. The molecule has 0 saturated heterocycles. The maximum Gasteiger partial charge on any atom is 0.106 e. The second-order valence-electron chi connectivity index (χ2n) is 1.90. The maximum absolute atomic E-state index is 5.08. The van der Waals surface area contributed by atoms with E-state index >= 15 is 0 Å². The molecule has 46 valence electrons. The summed E-state index contributed by atoms with van der Waals surface area (Å²) < 4.78 is 6.32. The zero-order valence-electron chi connectivity index (χ0n) is 4.83. The van der Waals surface area contributed by atoms with Gasteiger partial charge in [0.15, 0.2) is 0 Å². The van der Waals surface area contributed by atoms with E-state index in [1.807, 2.05) is 6.26 Å². The SMILES string of the molecule is C1=c2ccsc2=COC1. The third-order valence-electron chi connectivity index (χ3n) is 1.32. The van der Waals surface area contributed by atoms with Gasteiger partial charge in [-0.2, -0.15) is 0 Å². The molecule has 1 nitrogen and oxygen atoms in total. The lowest BCUT2D eigenvalue weighted by Gasteiger charge is -1.96. The van der Waals surface area contributed by atoms with E-state index in [1.165, 1.54) is 9.75 Å². The summed E-state index contributed by atoms with van der Waals surface area (Å²) in [6.07, 6.45) is 3.91. The number of thiophene rings is 1. The van der Waals surface area contributed by atoms with Gasteiger partial charge in [-0.05, 0) is 22.7 Å². The fourth-order valence-electron chi connectivity index (χ4n) is 0.857. The summed E-state index contributed by atoms with van der Waals surface area (Å²) in [5.74, 6) is 0.